The topological polar surface area (TPSA) is 38.0 Å². The standard InChI is InChI=1S/C16H20N2/c1-2-7-13-8-4-6-11-16(13)18-12-14-9-3-5-10-15(14)17/h3-6,8-11,18H,2,7,12,17H2,1H3. The molecule has 0 aliphatic heterocycles. The molecule has 18 heavy (non-hydrogen) atoms. The highest BCUT2D eigenvalue weighted by atomic mass is 14.9. The number of nitrogens with one attached hydrogen (secondary N) is 1. The molecule has 0 radical (unpaired) electrons. The molecule has 0 unspecified atom stereocenters. The first-order valence-corrected chi connectivity index (χ1v) is 6.46. The summed E-state index contributed by atoms with van der Waals surface area (Å²) in [7, 11) is 0. The number of aryl methyl sites for hydroxylation is 1. The number of nitrogen functional groups attached to an aromatic ring is 1. The van der Waals surface area contributed by atoms with Crippen molar-refractivity contribution in [2.75, 3.05) is 11.1 Å². The quantitative estimate of drug-likeness (QED) is 0.779. The van der Waals surface area contributed by atoms with Crippen LogP contribution >= 0.6 is 0 Å². The first-order chi connectivity index (χ1) is 8.81. The van der Waals surface area contributed by atoms with Crippen molar-refractivity contribution in [2.45, 2.75) is 26.3 Å². The number of hydrogen-bond donors (Lipinski definition) is 2. The maximum absolute atomic E-state index is 5.94. The fourth-order valence-electron chi connectivity index (χ4n) is 2.07. The molecule has 0 amide bonds. The summed E-state index contributed by atoms with van der Waals surface area (Å²) in [5, 5.41) is 3.48. The van der Waals surface area contributed by atoms with Gasteiger partial charge in [-0.3, -0.25) is 0 Å². The van der Waals surface area contributed by atoms with Crippen LogP contribution in [0.5, 0.6) is 0 Å². The molecule has 0 aromatic heterocycles. The van der Waals surface area contributed by atoms with Crippen LogP contribution in [0.2, 0.25) is 0 Å². The Morgan fingerprint density at radius 3 is 2.33 bits per heavy atom. The summed E-state index contributed by atoms with van der Waals surface area (Å²) in [6.45, 7) is 2.97. The van der Waals surface area contributed by atoms with E-state index in [9.17, 15) is 0 Å². The average Bonchev–Trinajstić information content (AvgIpc) is 2.40. The maximum Gasteiger partial charge on any atom is 0.0421 e. The second-order valence-corrected chi connectivity index (χ2v) is 4.46. The molecule has 2 aromatic rings. The Bertz CT molecular complexity index is 506. The Kier molecular flexibility index (Phi) is 4.24. The molecule has 0 heterocycles. The van der Waals surface area contributed by atoms with Gasteiger partial charge in [0.1, 0.15) is 0 Å². The molecule has 0 aliphatic carbocycles. The summed E-state index contributed by atoms with van der Waals surface area (Å²) >= 11 is 0. The van der Waals surface area contributed by atoms with Crippen molar-refractivity contribution in [2.24, 2.45) is 0 Å². The number of nitrogens with two attached hydrogens (primary N) is 1. The molecular formula is C16H20N2. The lowest BCUT2D eigenvalue weighted by Crippen LogP contribution is -2.04. The SMILES string of the molecule is CCCc1ccccc1NCc1ccccc1N. The zero-order valence-electron chi connectivity index (χ0n) is 10.8. The van der Waals surface area contributed by atoms with Gasteiger partial charge in [-0.2, -0.15) is 0 Å². The lowest BCUT2D eigenvalue weighted by Gasteiger charge is -2.12. The average molecular weight is 240 g/mol. The molecule has 0 saturated carbocycles. The number of anilines is 2. The van der Waals surface area contributed by atoms with Crippen molar-refractivity contribution in [3.05, 3.63) is 59.7 Å². The minimum atomic E-state index is 0.771. The van der Waals surface area contributed by atoms with Crippen LogP contribution in [-0.4, -0.2) is 0 Å². The van der Waals surface area contributed by atoms with Crippen molar-refractivity contribution in [1.82, 2.24) is 0 Å². The Morgan fingerprint density at radius 1 is 0.944 bits per heavy atom. The molecule has 2 rings (SSSR count). The number of benzene rings is 2. The summed E-state index contributed by atoms with van der Waals surface area (Å²) in [5.41, 5.74) is 10.5. The molecule has 0 fully saturated rings. The van der Waals surface area contributed by atoms with Crippen molar-refractivity contribution in [3.8, 4) is 0 Å². The normalized spacial score (nSPS) is 10.3. The van der Waals surface area contributed by atoms with Crippen molar-refractivity contribution >= 4 is 11.4 Å². The van der Waals surface area contributed by atoms with Gasteiger partial charge in [0, 0.05) is 17.9 Å². The minimum absolute atomic E-state index is 0.771. The predicted molar refractivity (Wildman–Crippen MR) is 78.6 cm³/mol. The lowest BCUT2D eigenvalue weighted by atomic mass is 10.1. The number of hydrogen-bond acceptors (Lipinski definition) is 2. The van der Waals surface area contributed by atoms with Gasteiger partial charge in [0.15, 0.2) is 0 Å². The zero-order valence-corrected chi connectivity index (χ0v) is 10.8. The van der Waals surface area contributed by atoms with Crippen LogP contribution in [0.1, 0.15) is 24.5 Å². The van der Waals surface area contributed by atoms with Crippen molar-refractivity contribution < 1.29 is 0 Å². The van der Waals surface area contributed by atoms with Gasteiger partial charge in [-0.1, -0.05) is 49.7 Å². The Morgan fingerprint density at radius 2 is 1.61 bits per heavy atom. The van der Waals surface area contributed by atoms with Crippen LogP contribution in [-0.2, 0) is 13.0 Å². The maximum atomic E-state index is 5.94. The second-order valence-electron chi connectivity index (χ2n) is 4.46. The van der Waals surface area contributed by atoms with Crippen LogP contribution in [0.4, 0.5) is 11.4 Å². The van der Waals surface area contributed by atoms with E-state index in [-0.39, 0.29) is 0 Å². The summed E-state index contributed by atoms with van der Waals surface area (Å²) in [6.07, 6.45) is 2.26. The molecule has 0 atom stereocenters. The number of para-hydroxylation sites is 2. The Labute approximate surface area is 109 Å². The first kappa shape index (κ1) is 12.5. The van der Waals surface area contributed by atoms with E-state index in [1.807, 2.05) is 18.2 Å². The van der Waals surface area contributed by atoms with Crippen LogP contribution in [0.25, 0.3) is 0 Å². The highest BCUT2D eigenvalue weighted by Crippen LogP contribution is 2.19. The monoisotopic (exact) mass is 240 g/mol. The third-order valence-electron chi connectivity index (χ3n) is 3.06. The minimum Gasteiger partial charge on any atom is -0.398 e. The Hall–Kier alpha value is -1.96. The van der Waals surface area contributed by atoms with Gasteiger partial charge in [0.2, 0.25) is 0 Å². The summed E-state index contributed by atoms with van der Waals surface area (Å²) < 4.78 is 0. The fourth-order valence-corrected chi connectivity index (χ4v) is 2.07. The van der Waals surface area contributed by atoms with Crippen molar-refractivity contribution in [1.29, 1.82) is 0 Å². The van der Waals surface area contributed by atoms with E-state index in [1.54, 1.807) is 0 Å². The molecule has 0 saturated heterocycles. The Balaban J connectivity index is 2.08. The largest absolute Gasteiger partial charge is 0.398 e. The molecule has 0 aliphatic rings. The van der Waals surface area contributed by atoms with Crippen LogP contribution in [0.3, 0.4) is 0 Å². The third kappa shape index (κ3) is 3.04. The molecule has 94 valence electrons. The second kappa shape index (κ2) is 6.10. The van der Waals surface area contributed by atoms with Gasteiger partial charge in [-0.15, -0.1) is 0 Å². The third-order valence-corrected chi connectivity index (χ3v) is 3.06. The molecule has 2 nitrogen and oxygen atoms in total. The highest BCUT2D eigenvalue weighted by Gasteiger charge is 2.02. The number of rotatable bonds is 5. The van der Waals surface area contributed by atoms with Gasteiger partial charge in [-0.25, -0.2) is 0 Å². The van der Waals surface area contributed by atoms with Gasteiger partial charge in [0.05, 0.1) is 0 Å². The molecule has 0 spiro atoms. The summed E-state index contributed by atoms with van der Waals surface area (Å²) in [5.74, 6) is 0. The van der Waals surface area contributed by atoms with E-state index in [0.29, 0.717) is 0 Å². The van der Waals surface area contributed by atoms with E-state index in [2.05, 4.69) is 42.6 Å². The molecule has 0 bridgehead atoms. The van der Waals surface area contributed by atoms with Gasteiger partial charge >= 0.3 is 0 Å². The fraction of sp³-hybridized carbons (Fsp3) is 0.250. The van der Waals surface area contributed by atoms with Crippen LogP contribution < -0.4 is 11.1 Å². The first-order valence-electron chi connectivity index (χ1n) is 6.46. The van der Waals surface area contributed by atoms with Crippen molar-refractivity contribution in [3.63, 3.8) is 0 Å². The molecule has 2 aromatic carbocycles. The summed E-state index contributed by atoms with van der Waals surface area (Å²) in [4.78, 5) is 0. The van der Waals surface area contributed by atoms with Crippen LogP contribution in [0, 0.1) is 0 Å². The van der Waals surface area contributed by atoms with E-state index >= 15 is 0 Å². The van der Waals surface area contributed by atoms with Gasteiger partial charge in [0.25, 0.3) is 0 Å². The highest BCUT2D eigenvalue weighted by molar-refractivity contribution is 5.54. The van der Waals surface area contributed by atoms with Crippen LogP contribution in [0.15, 0.2) is 48.5 Å². The summed E-state index contributed by atoms with van der Waals surface area (Å²) in [6, 6.07) is 16.4. The lowest BCUT2D eigenvalue weighted by molar-refractivity contribution is 0.919. The zero-order chi connectivity index (χ0) is 12.8. The molecule has 2 heteroatoms. The van der Waals surface area contributed by atoms with Gasteiger partial charge < -0.3 is 11.1 Å². The smallest absolute Gasteiger partial charge is 0.0421 e. The van der Waals surface area contributed by atoms with E-state index in [0.717, 1.165) is 30.6 Å². The molecule has 3 N–H and O–H groups in total. The van der Waals surface area contributed by atoms with Gasteiger partial charge in [-0.05, 0) is 29.7 Å². The van der Waals surface area contributed by atoms with E-state index in [4.69, 9.17) is 5.73 Å². The predicted octanol–water partition coefficient (Wildman–Crippen LogP) is 3.83. The van der Waals surface area contributed by atoms with E-state index < -0.39 is 0 Å². The molecular weight excluding hydrogens is 220 g/mol. The van der Waals surface area contributed by atoms with E-state index in [1.165, 1.54) is 11.3 Å².